The van der Waals surface area contributed by atoms with E-state index < -0.39 is 18.2 Å². The van der Waals surface area contributed by atoms with Crippen molar-refractivity contribution in [2.45, 2.75) is 6.92 Å². The molecule has 1 aromatic carbocycles. The van der Waals surface area contributed by atoms with E-state index in [0.717, 1.165) is 4.57 Å². The zero-order chi connectivity index (χ0) is 20.1. The Hall–Kier alpha value is -4.15. The Kier molecular flexibility index (Phi) is 5.35. The lowest BCUT2D eigenvalue weighted by Crippen LogP contribution is -2.28. The number of urea groups is 1. The Balaban J connectivity index is 1.85. The summed E-state index contributed by atoms with van der Waals surface area (Å²) in [5, 5.41) is 5.71. The zero-order valence-electron chi connectivity index (χ0n) is 14.7. The Labute approximate surface area is 158 Å². The summed E-state index contributed by atoms with van der Waals surface area (Å²) in [7, 11) is 0. The van der Waals surface area contributed by atoms with Gasteiger partial charge < -0.3 is 20.5 Å². The summed E-state index contributed by atoms with van der Waals surface area (Å²) in [6.45, 7) is 2.26. The second kappa shape index (κ2) is 8.03. The molecular formula is C17H16N6O5. The van der Waals surface area contributed by atoms with Gasteiger partial charge in [-0.25, -0.2) is 24.4 Å². The number of rotatable bonds is 4. The van der Waals surface area contributed by atoms with Crippen molar-refractivity contribution < 1.29 is 23.9 Å². The standard InChI is InChI=1S/C17H16N6O5/c1-2-19-16(25)22-13-8-14(21-9-20-13)27-12-5-3-4-11-10(12)6-7-23(11)17(26)28-15(18)24/h3-9H,2H2,1H3,(H2,18,24)(H2,19,20,21,22,25). The summed E-state index contributed by atoms with van der Waals surface area (Å²) in [4.78, 5) is 42.3. The number of hydrogen-bond donors (Lipinski definition) is 3. The fraction of sp³-hybridized carbons (Fsp3) is 0.118. The maximum Gasteiger partial charge on any atom is 0.427 e. The molecule has 0 fully saturated rings. The minimum Gasteiger partial charge on any atom is -0.438 e. The van der Waals surface area contributed by atoms with E-state index >= 15 is 0 Å². The van der Waals surface area contributed by atoms with E-state index in [0.29, 0.717) is 23.2 Å². The number of ether oxygens (including phenoxy) is 2. The van der Waals surface area contributed by atoms with E-state index in [2.05, 4.69) is 25.3 Å². The number of primary amides is 1. The third kappa shape index (κ3) is 4.15. The highest BCUT2D eigenvalue weighted by atomic mass is 16.6. The summed E-state index contributed by atoms with van der Waals surface area (Å²) < 4.78 is 11.3. The number of hydrogen-bond acceptors (Lipinski definition) is 7. The van der Waals surface area contributed by atoms with Crippen molar-refractivity contribution >= 4 is 34.9 Å². The fourth-order valence-corrected chi connectivity index (χ4v) is 2.42. The van der Waals surface area contributed by atoms with Crippen LogP contribution in [0.1, 0.15) is 6.92 Å². The Morgan fingerprint density at radius 1 is 1.21 bits per heavy atom. The van der Waals surface area contributed by atoms with Gasteiger partial charge >= 0.3 is 18.2 Å². The van der Waals surface area contributed by atoms with E-state index in [-0.39, 0.29) is 11.7 Å². The maximum absolute atomic E-state index is 11.9. The highest BCUT2D eigenvalue weighted by Gasteiger charge is 2.15. The van der Waals surface area contributed by atoms with Gasteiger partial charge in [-0.3, -0.25) is 9.88 Å². The summed E-state index contributed by atoms with van der Waals surface area (Å²) in [5.41, 5.74) is 5.32. The average molecular weight is 384 g/mol. The van der Waals surface area contributed by atoms with E-state index in [1.54, 1.807) is 31.2 Å². The Morgan fingerprint density at radius 3 is 2.79 bits per heavy atom. The Morgan fingerprint density at radius 2 is 2.04 bits per heavy atom. The molecule has 11 heteroatoms. The number of benzene rings is 1. The van der Waals surface area contributed by atoms with Crippen LogP contribution in [-0.2, 0) is 4.74 Å². The minimum atomic E-state index is -1.20. The largest absolute Gasteiger partial charge is 0.438 e. The number of nitrogens with one attached hydrogen (secondary N) is 2. The summed E-state index contributed by atoms with van der Waals surface area (Å²) in [6.07, 6.45) is 0.527. The number of nitrogens with two attached hydrogens (primary N) is 1. The first-order chi connectivity index (χ1) is 13.5. The quantitative estimate of drug-likeness (QED) is 0.584. The molecule has 0 aliphatic rings. The number of aromatic nitrogens is 3. The van der Waals surface area contributed by atoms with E-state index in [1.165, 1.54) is 18.6 Å². The van der Waals surface area contributed by atoms with Crippen molar-refractivity contribution in [3.8, 4) is 11.6 Å². The molecule has 0 atom stereocenters. The predicted molar refractivity (Wildman–Crippen MR) is 98.2 cm³/mol. The first-order valence-corrected chi connectivity index (χ1v) is 8.14. The summed E-state index contributed by atoms with van der Waals surface area (Å²) >= 11 is 0. The molecule has 0 bridgehead atoms. The topological polar surface area (TPSA) is 150 Å². The molecular weight excluding hydrogens is 368 g/mol. The molecule has 0 radical (unpaired) electrons. The molecule has 0 aliphatic heterocycles. The van der Waals surface area contributed by atoms with Crippen LogP contribution < -0.4 is 21.1 Å². The molecule has 0 aliphatic carbocycles. The van der Waals surface area contributed by atoms with E-state index in [1.807, 2.05) is 0 Å². The van der Waals surface area contributed by atoms with Crippen molar-refractivity contribution in [1.82, 2.24) is 19.9 Å². The van der Waals surface area contributed by atoms with Gasteiger partial charge in [0.15, 0.2) is 0 Å². The molecule has 28 heavy (non-hydrogen) atoms. The van der Waals surface area contributed by atoms with Gasteiger partial charge in [0.2, 0.25) is 5.88 Å². The lowest BCUT2D eigenvalue weighted by Gasteiger charge is -2.09. The van der Waals surface area contributed by atoms with Crippen LogP contribution in [0.5, 0.6) is 11.6 Å². The highest BCUT2D eigenvalue weighted by Crippen LogP contribution is 2.30. The van der Waals surface area contributed by atoms with Gasteiger partial charge in [0.1, 0.15) is 17.9 Å². The van der Waals surface area contributed by atoms with Gasteiger partial charge in [-0.05, 0) is 25.1 Å². The number of amides is 3. The van der Waals surface area contributed by atoms with Gasteiger partial charge in [0, 0.05) is 24.2 Å². The van der Waals surface area contributed by atoms with Gasteiger partial charge in [-0.1, -0.05) is 6.07 Å². The molecule has 4 N–H and O–H groups in total. The van der Waals surface area contributed by atoms with Crippen molar-refractivity contribution in [2.24, 2.45) is 5.73 Å². The van der Waals surface area contributed by atoms with Crippen molar-refractivity contribution in [3.63, 3.8) is 0 Å². The highest BCUT2D eigenvalue weighted by molar-refractivity contribution is 5.95. The van der Waals surface area contributed by atoms with Gasteiger partial charge in [-0.15, -0.1) is 0 Å². The fourth-order valence-electron chi connectivity index (χ4n) is 2.42. The number of carbonyl (C=O) groups excluding carboxylic acids is 3. The van der Waals surface area contributed by atoms with E-state index in [9.17, 15) is 14.4 Å². The second-order valence-corrected chi connectivity index (χ2v) is 5.39. The predicted octanol–water partition coefficient (Wildman–Crippen LogP) is 2.43. The van der Waals surface area contributed by atoms with Crippen molar-refractivity contribution in [2.75, 3.05) is 11.9 Å². The molecule has 3 aromatic rings. The van der Waals surface area contributed by atoms with Crippen molar-refractivity contribution in [1.29, 1.82) is 0 Å². The first kappa shape index (κ1) is 18.6. The van der Waals surface area contributed by atoms with Crippen molar-refractivity contribution in [3.05, 3.63) is 42.9 Å². The molecule has 0 unspecified atom stereocenters. The number of nitrogens with zero attached hydrogens (tertiary/aromatic N) is 3. The first-order valence-electron chi connectivity index (χ1n) is 8.14. The minimum absolute atomic E-state index is 0.182. The van der Waals surface area contributed by atoms with Crippen LogP contribution in [-0.4, -0.2) is 39.3 Å². The lowest BCUT2D eigenvalue weighted by atomic mass is 10.2. The number of fused-ring (bicyclic) bond motifs is 1. The van der Waals surface area contributed by atoms with Crippen LogP contribution in [0, 0.1) is 0 Å². The molecule has 2 aromatic heterocycles. The third-order valence-electron chi connectivity index (χ3n) is 3.51. The third-order valence-corrected chi connectivity index (χ3v) is 3.51. The van der Waals surface area contributed by atoms with Crippen LogP contribution >= 0.6 is 0 Å². The van der Waals surface area contributed by atoms with Crippen LogP contribution in [0.15, 0.2) is 42.9 Å². The number of anilines is 1. The molecule has 0 saturated heterocycles. The zero-order valence-corrected chi connectivity index (χ0v) is 14.7. The molecule has 0 saturated carbocycles. The van der Waals surface area contributed by atoms with Crippen LogP contribution in [0.3, 0.4) is 0 Å². The molecule has 2 heterocycles. The second-order valence-electron chi connectivity index (χ2n) is 5.39. The van der Waals surface area contributed by atoms with Gasteiger partial charge in [0.05, 0.1) is 5.52 Å². The lowest BCUT2D eigenvalue weighted by molar-refractivity contribution is 0.159. The molecule has 144 valence electrons. The number of carbonyl (C=O) groups is 3. The average Bonchev–Trinajstić information content (AvgIpc) is 3.07. The SMILES string of the molecule is CCNC(=O)Nc1cc(Oc2cccc3c2ccn3C(=O)OC(N)=O)ncn1. The summed E-state index contributed by atoms with van der Waals surface area (Å²) in [5.74, 6) is 0.832. The van der Waals surface area contributed by atoms with Crippen LogP contribution in [0.25, 0.3) is 10.9 Å². The summed E-state index contributed by atoms with van der Waals surface area (Å²) in [6, 6.07) is 7.63. The monoisotopic (exact) mass is 384 g/mol. The molecule has 11 nitrogen and oxygen atoms in total. The Bertz CT molecular complexity index is 1050. The molecule has 0 spiro atoms. The molecule has 3 rings (SSSR count). The normalized spacial score (nSPS) is 10.3. The van der Waals surface area contributed by atoms with E-state index in [4.69, 9.17) is 10.5 Å². The van der Waals surface area contributed by atoms with Gasteiger partial charge in [0.25, 0.3) is 0 Å². The van der Waals surface area contributed by atoms with Crippen LogP contribution in [0.2, 0.25) is 0 Å². The smallest absolute Gasteiger partial charge is 0.427 e. The molecule has 3 amide bonds. The maximum atomic E-state index is 11.9. The van der Waals surface area contributed by atoms with Gasteiger partial charge in [-0.2, -0.15) is 0 Å². The van der Waals surface area contributed by atoms with Crippen LogP contribution in [0.4, 0.5) is 20.2 Å².